The summed E-state index contributed by atoms with van der Waals surface area (Å²) in [6.45, 7) is 1.75. The van der Waals surface area contributed by atoms with Crippen LogP contribution in [0.25, 0.3) is 11.0 Å². The third-order valence-electron chi connectivity index (χ3n) is 4.94. The molecule has 0 fully saturated rings. The van der Waals surface area contributed by atoms with Crippen LogP contribution in [-0.2, 0) is 22.6 Å². The van der Waals surface area contributed by atoms with Crippen molar-refractivity contribution in [3.05, 3.63) is 92.9 Å². The van der Waals surface area contributed by atoms with Crippen molar-refractivity contribution in [1.29, 1.82) is 0 Å². The van der Waals surface area contributed by atoms with Gasteiger partial charge in [-0.25, -0.2) is 9.78 Å². The molecular formula is C25H22N4O5S. The molecule has 0 aliphatic rings. The van der Waals surface area contributed by atoms with E-state index >= 15 is 0 Å². The molecular weight excluding hydrogens is 468 g/mol. The molecule has 2 aromatic heterocycles. The summed E-state index contributed by atoms with van der Waals surface area (Å²) in [6.07, 6.45) is 3.71. The molecule has 178 valence electrons. The lowest BCUT2D eigenvalue weighted by Crippen LogP contribution is -2.17. The number of esters is 1. The first kappa shape index (κ1) is 23.8. The molecule has 10 heteroatoms. The summed E-state index contributed by atoms with van der Waals surface area (Å²) in [7, 11) is 1.58. The standard InChI is InChI=1S/C25H22N4O5S/c1-3-22-28-29-23(31)14-17(26-25(29)35-22)15-34-24(32)19-6-4-5-7-20(19)27-21(30)13-10-16-8-11-18(33-2)12-9-16/h4-14H,3,15H2,1-2H3,(H,27,30)/b13-10+. The van der Waals surface area contributed by atoms with Gasteiger partial charge in [-0.2, -0.15) is 9.61 Å². The smallest absolute Gasteiger partial charge is 0.340 e. The summed E-state index contributed by atoms with van der Waals surface area (Å²) in [5.74, 6) is -0.337. The monoisotopic (exact) mass is 490 g/mol. The van der Waals surface area contributed by atoms with E-state index in [1.165, 1.54) is 28.0 Å². The summed E-state index contributed by atoms with van der Waals surface area (Å²) < 4.78 is 11.7. The summed E-state index contributed by atoms with van der Waals surface area (Å²) >= 11 is 1.31. The minimum Gasteiger partial charge on any atom is -0.497 e. The number of hydrogen-bond donors (Lipinski definition) is 1. The fraction of sp³-hybridized carbons (Fsp3) is 0.160. The first-order chi connectivity index (χ1) is 17.0. The zero-order chi connectivity index (χ0) is 24.8. The minimum absolute atomic E-state index is 0.183. The van der Waals surface area contributed by atoms with Crippen molar-refractivity contribution in [2.45, 2.75) is 20.0 Å². The average molecular weight is 491 g/mol. The van der Waals surface area contributed by atoms with Crippen LogP contribution in [0.3, 0.4) is 0 Å². The van der Waals surface area contributed by atoms with E-state index in [0.29, 0.717) is 22.8 Å². The molecule has 0 saturated heterocycles. The van der Waals surface area contributed by atoms with Gasteiger partial charge in [-0.15, -0.1) is 0 Å². The van der Waals surface area contributed by atoms with Crippen LogP contribution < -0.4 is 15.6 Å². The first-order valence-electron chi connectivity index (χ1n) is 10.7. The summed E-state index contributed by atoms with van der Waals surface area (Å²) in [5, 5.41) is 7.68. The maximum absolute atomic E-state index is 12.7. The number of carbonyl (C=O) groups is 2. The van der Waals surface area contributed by atoms with Crippen LogP contribution in [0.2, 0.25) is 0 Å². The second-order valence-electron chi connectivity index (χ2n) is 7.35. The molecule has 4 rings (SSSR count). The summed E-state index contributed by atoms with van der Waals surface area (Å²) in [5.41, 5.74) is 1.29. The van der Waals surface area contributed by atoms with Crippen molar-refractivity contribution in [3.8, 4) is 5.75 Å². The normalized spacial score (nSPS) is 11.0. The number of aromatic nitrogens is 3. The van der Waals surface area contributed by atoms with Crippen LogP contribution in [-0.4, -0.2) is 33.6 Å². The van der Waals surface area contributed by atoms with E-state index in [0.717, 1.165) is 16.3 Å². The van der Waals surface area contributed by atoms with Gasteiger partial charge >= 0.3 is 5.97 Å². The van der Waals surface area contributed by atoms with Gasteiger partial charge < -0.3 is 14.8 Å². The molecule has 0 aliphatic heterocycles. The third-order valence-corrected chi connectivity index (χ3v) is 5.99. The second kappa shape index (κ2) is 10.7. The fourth-order valence-electron chi connectivity index (χ4n) is 3.16. The van der Waals surface area contributed by atoms with Crippen LogP contribution in [0.4, 0.5) is 5.69 Å². The Morgan fingerprint density at radius 2 is 1.91 bits per heavy atom. The van der Waals surface area contributed by atoms with Crippen LogP contribution in [0.15, 0.2) is 65.5 Å². The van der Waals surface area contributed by atoms with Crippen LogP contribution in [0, 0.1) is 0 Å². The number of fused-ring (bicyclic) bond motifs is 1. The zero-order valence-electron chi connectivity index (χ0n) is 19.1. The summed E-state index contributed by atoms with van der Waals surface area (Å²) in [6, 6.07) is 15.0. The highest BCUT2D eigenvalue weighted by Gasteiger charge is 2.15. The quantitative estimate of drug-likeness (QED) is 0.296. The Labute approximate surface area is 204 Å². The molecule has 0 spiro atoms. The fourth-order valence-corrected chi connectivity index (χ4v) is 4.02. The van der Waals surface area contributed by atoms with Gasteiger partial charge in [0, 0.05) is 12.1 Å². The van der Waals surface area contributed by atoms with E-state index in [2.05, 4.69) is 15.4 Å². The molecule has 0 saturated carbocycles. The van der Waals surface area contributed by atoms with Gasteiger partial charge in [0.2, 0.25) is 10.9 Å². The number of carbonyl (C=O) groups excluding carboxylic acids is 2. The van der Waals surface area contributed by atoms with E-state index in [9.17, 15) is 14.4 Å². The lowest BCUT2D eigenvalue weighted by Gasteiger charge is -2.10. The number of hydrogen-bond acceptors (Lipinski definition) is 8. The number of rotatable bonds is 8. The average Bonchev–Trinajstić information content (AvgIpc) is 3.31. The molecule has 1 N–H and O–H groups in total. The van der Waals surface area contributed by atoms with Gasteiger partial charge in [0.25, 0.3) is 5.56 Å². The maximum atomic E-state index is 12.7. The van der Waals surface area contributed by atoms with E-state index in [1.807, 2.05) is 19.1 Å². The summed E-state index contributed by atoms with van der Waals surface area (Å²) in [4.78, 5) is 42.2. The number of benzene rings is 2. The Hall–Kier alpha value is -4.31. The predicted octanol–water partition coefficient (Wildman–Crippen LogP) is 3.73. The molecule has 0 aliphatic carbocycles. The Bertz CT molecular complexity index is 1460. The van der Waals surface area contributed by atoms with Gasteiger partial charge in [0.15, 0.2) is 0 Å². The number of amides is 1. The van der Waals surface area contributed by atoms with E-state index < -0.39 is 11.9 Å². The number of anilines is 1. The SMILES string of the molecule is CCc1nn2c(=O)cc(COC(=O)c3ccccc3NC(=O)/C=C/c3ccc(OC)cc3)nc2s1. The van der Waals surface area contributed by atoms with E-state index in [4.69, 9.17) is 9.47 Å². The molecule has 2 aromatic carbocycles. The lowest BCUT2D eigenvalue weighted by molar-refractivity contribution is -0.111. The molecule has 4 aromatic rings. The Kier molecular flexibility index (Phi) is 7.32. The maximum Gasteiger partial charge on any atom is 0.340 e. The Balaban J connectivity index is 1.43. The van der Waals surface area contributed by atoms with Crippen molar-refractivity contribution in [2.75, 3.05) is 12.4 Å². The van der Waals surface area contributed by atoms with Crippen LogP contribution in [0.5, 0.6) is 5.75 Å². The number of aryl methyl sites for hydroxylation is 1. The first-order valence-corrected chi connectivity index (χ1v) is 11.6. The van der Waals surface area contributed by atoms with E-state index in [-0.39, 0.29) is 17.7 Å². The van der Waals surface area contributed by atoms with Gasteiger partial charge in [0.05, 0.1) is 24.1 Å². The largest absolute Gasteiger partial charge is 0.497 e. The van der Waals surface area contributed by atoms with Crippen molar-refractivity contribution in [2.24, 2.45) is 0 Å². The Morgan fingerprint density at radius 1 is 1.14 bits per heavy atom. The molecule has 0 atom stereocenters. The van der Waals surface area contributed by atoms with Crippen molar-refractivity contribution in [3.63, 3.8) is 0 Å². The molecule has 0 unspecified atom stereocenters. The van der Waals surface area contributed by atoms with Gasteiger partial charge in [-0.05, 0) is 42.3 Å². The van der Waals surface area contributed by atoms with Gasteiger partial charge in [-0.1, -0.05) is 42.5 Å². The molecule has 9 nitrogen and oxygen atoms in total. The number of nitrogens with zero attached hydrogens (tertiary/aromatic N) is 3. The number of nitrogens with one attached hydrogen (secondary N) is 1. The van der Waals surface area contributed by atoms with Gasteiger partial charge in [0.1, 0.15) is 17.4 Å². The second-order valence-corrected chi connectivity index (χ2v) is 8.39. The molecule has 35 heavy (non-hydrogen) atoms. The lowest BCUT2D eigenvalue weighted by atomic mass is 10.1. The number of methoxy groups -OCH3 is 1. The molecule has 2 heterocycles. The van der Waals surface area contributed by atoms with Crippen molar-refractivity contribution >= 4 is 39.9 Å². The number of ether oxygens (including phenoxy) is 2. The minimum atomic E-state index is -0.652. The van der Waals surface area contributed by atoms with Crippen LogP contribution >= 0.6 is 11.3 Å². The number of para-hydroxylation sites is 1. The molecule has 0 radical (unpaired) electrons. The van der Waals surface area contributed by atoms with E-state index in [1.54, 1.807) is 49.6 Å². The van der Waals surface area contributed by atoms with Gasteiger partial charge in [-0.3, -0.25) is 9.59 Å². The topological polar surface area (TPSA) is 112 Å². The van der Waals surface area contributed by atoms with Crippen molar-refractivity contribution < 1.29 is 19.1 Å². The highest BCUT2D eigenvalue weighted by atomic mass is 32.1. The zero-order valence-corrected chi connectivity index (χ0v) is 19.9. The third kappa shape index (κ3) is 5.79. The molecule has 0 bridgehead atoms. The Morgan fingerprint density at radius 3 is 2.66 bits per heavy atom. The van der Waals surface area contributed by atoms with Crippen LogP contribution in [0.1, 0.15) is 33.5 Å². The highest BCUT2D eigenvalue weighted by molar-refractivity contribution is 7.16. The predicted molar refractivity (Wildman–Crippen MR) is 133 cm³/mol. The molecule has 1 amide bonds. The van der Waals surface area contributed by atoms with Crippen molar-refractivity contribution in [1.82, 2.24) is 14.6 Å². The highest BCUT2D eigenvalue weighted by Crippen LogP contribution is 2.18.